The maximum absolute atomic E-state index is 12.4. The van der Waals surface area contributed by atoms with Crippen LogP contribution in [0.2, 0.25) is 25.7 Å². The third kappa shape index (κ3) is 3.29. The van der Waals surface area contributed by atoms with Gasteiger partial charge in [0.2, 0.25) is 0 Å². The summed E-state index contributed by atoms with van der Waals surface area (Å²) in [6.45, 7) is 12.7. The van der Waals surface area contributed by atoms with E-state index in [1.54, 1.807) is 0 Å². The Morgan fingerprint density at radius 3 is 2.79 bits per heavy atom. The van der Waals surface area contributed by atoms with Crippen LogP contribution in [0.3, 0.4) is 0 Å². The summed E-state index contributed by atoms with van der Waals surface area (Å²) >= 11 is 0. The molecule has 0 spiro atoms. The third-order valence-corrected chi connectivity index (χ3v) is 8.39. The van der Waals surface area contributed by atoms with E-state index in [-0.39, 0.29) is 5.41 Å². The quantitative estimate of drug-likeness (QED) is 0.482. The lowest BCUT2D eigenvalue weighted by Gasteiger charge is -2.34. The number of carbonyl (C=O) groups is 1. The van der Waals surface area contributed by atoms with E-state index in [0.29, 0.717) is 18.9 Å². The third-order valence-electron chi connectivity index (χ3n) is 6.68. The minimum Gasteiger partial charge on any atom is -0.360 e. The number of allylic oxidation sites excluding steroid dienone is 2. The fourth-order valence-corrected chi connectivity index (χ4v) is 5.67. The van der Waals surface area contributed by atoms with Gasteiger partial charge < -0.3 is 4.74 Å². The Bertz CT molecular complexity index is 967. The summed E-state index contributed by atoms with van der Waals surface area (Å²) < 4.78 is 7.83. The van der Waals surface area contributed by atoms with Crippen LogP contribution < -0.4 is 0 Å². The van der Waals surface area contributed by atoms with Crippen LogP contribution in [-0.4, -0.2) is 30.2 Å². The average Bonchev–Trinajstić information content (AvgIpc) is 3.20. The SMILES string of the molecule is CCC12CCC(=O)C(C)=C1c1ccc3nn(COCC[Si](C)(C)C)cc3c1C2. The van der Waals surface area contributed by atoms with Gasteiger partial charge in [-0.05, 0) is 60.6 Å². The summed E-state index contributed by atoms with van der Waals surface area (Å²) in [6.07, 6.45) is 5.90. The van der Waals surface area contributed by atoms with Crippen LogP contribution in [-0.2, 0) is 22.7 Å². The minimum absolute atomic E-state index is 0.130. The number of aromatic nitrogens is 2. The number of nitrogens with zero attached hydrogens (tertiary/aromatic N) is 2. The molecule has 0 fully saturated rings. The first-order valence-electron chi connectivity index (χ1n) is 10.6. The Kier molecular flexibility index (Phi) is 4.87. The summed E-state index contributed by atoms with van der Waals surface area (Å²) in [6, 6.07) is 5.47. The van der Waals surface area contributed by atoms with Crippen molar-refractivity contribution in [1.82, 2.24) is 9.78 Å². The van der Waals surface area contributed by atoms with Crippen molar-refractivity contribution >= 4 is 30.3 Å². The van der Waals surface area contributed by atoms with Crippen molar-refractivity contribution in [3.05, 3.63) is 35.0 Å². The Balaban J connectivity index is 1.65. The van der Waals surface area contributed by atoms with E-state index in [4.69, 9.17) is 9.84 Å². The molecule has 2 aromatic rings. The number of rotatable bonds is 6. The predicted octanol–water partition coefficient (Wildman–Crippen LogP) is 5.44. The van der Waals surface area contributed by atoms with E-state index >= 15 is 0 Å². The van der Waals surface area contributed by atoms with Crippen molar-refractivity contribution in [3.8, 4) is 0 Å². The topological polar surface area (TPSA) is 44.1 Å². The molecule has 0 bridgehead atoms. The largest absolute Gasteiger partial charge is 0.360 e. The van der Waals surface area contributed by atoms with E-state index in [9.17, 15) is 4.79 Å². The van der Waals surface area contributed by atoms with Crippen LogP contribution in [0.4, 0.5) is 0 Å². The molecule has 0 saturated carbocycles. The van der Waals surface area contributed by atoms with Gasteiger partial charge >= 0.3 is 0 Å². The molecule has 1 heterocycles. The smallest absolute Gasteiger partial charge is 0.158 e. The van der Waals surface area contributed by atoms with Gasteiger partial charge in [0.05, 0.1) is 5.52 Å². The van der Waals surface area contributed by atoms with Crippen molar-refractivity contribution in [1.29, 1.82) is 0 Å². The van der Waals surface area contributed by atoms with E-state index in [1.165, 1.54) is 28.1 Å². The number of carbonyl (C=O) groups excluding carboxylic acids is 1. The molecule has 0 amide bonds. The monoisotopic (exact) mass is 396 g/mol. The minimum atomic E-state index is -1.07. The highest BCUT2D eigenvalue weighted by molar-refractivity contribution is 6.76. The standard InChI is InChI=1S/C23H32N2O2Si/c1-6-23-10-9-21(26)16(2)22(23)17-7-8-20-19(18(17)13-23)14-25(24-20)15-27-11-12-28(3,4)5/h7-8,14H,6,9-13,15H2,1-5H3. The fourth-order valence-electron chi connectivity index (χ4n) is 4.91. The van der Waals surface area contributed by atoms with E-state index in [2.05, 4.69) is 44.9 Å². The van der Waals surface area contributed by atoms with Crippen LogP contribution in [0.25, 0.3) is 16.5 Å². The molecule has 4 rings (SSSR count). The molecule has 1 aromatic heterocycles. The zero-order valence-corrected chi connectivity index (χ0v) is 18.9. The van der Waals surface area contributed by atoms with Crippen LogP contribution >= 0.6 is 0 Å². The molecule has 0 radical (unpaired) electrons. The number of fused-ring (bicyclic) bond motifs is 5. The molecule has 2 aliphatic rings. The second-order valence-corrected chi connectivity index (χ2v) is 15.4. The molecule has 0 aliphatic heterocycles. The van der Waals surface area contributed by atoms with Crippen LogP contribution in [0.5, 0.6) is 0 Å². The molecule has 0 saturated heterocycles. The number of ether oxygens (including phenoxy) is 1. The Morgan fingerprint density at radius 2 is 2.07 bits per heavy atom. The molecule has 5 heteroatoms. The van der Waals surface area contributed by atoms with Crippen LogP contribution in [0.15, 0.2) is 23.9 Å². The van der Waals surface area contributed by atoms with Crippen molar-refractivity contribution in [2.45, 2.75) is 71.9 Å². The first-order valence-corrected chi connectivity index (χ1v) is 14.3. The lowest BCUT2D eigenvalue weighted by molar-refractivity contribution is -0.116. The van der Waals surface area contributed by atoms with Gasteiger partial charge in [0, 0.05) is 38.1 Å². The van der Waals surface area contributed by atoms with E-state index in [0.717, 1.165) is 37.0 Å². The van der Waals surface area contributed by atoms with Gasteiger partial charge in [-0.2, -0.15) is 5.10 Å². The van der Waals surface area contributed by atoms with Crippen LogP contribution in [0.1, 0.15) is 44.2 Å². The van der Waals surface area contributed by atoms with Crippen LogP contribution in [0, 0.1) is 5.41 Å². The first kappa shape index (κ1) is 19.6. The highest BCUT2D eigenvalue weighted by Gasteiger charge is 2.45. The van der Waals surface area contributed by atoms with Gasteiger partial charge in [-0.1, -0.05) is 32.6 Å². The molecule has 2 aliphatic carbocycles. The Labute approximate surface area is 169 Å². The first-order chi connectivity index (χ1) is 13.2. The number of Topliss-reactive ketones (excluding diaryl/α,β-unsaturated/α-hetero) is 1. The number of hydrogen-bond donors (Lipinski definition) is 0. The predicted molar refractivity (Wildman–Crippen MR) is 117 cm³/mol. The van der Waals surface area contributed by atoms with E-state index in [1.807, 2.05) is 11.6 Å². The molecular formula is C23H32N2O2Si. The lowest BCUT2D eigenvalue weighted by Crippen LogP contribution is -2.27. The van der Waals surface area contributed by atoms with Gasteiger partial charge in [-0.15, -0.1) is 0 Å². The highest BCUT2D eigenvalue weighted by Crippen LogP contribution is 2.56. The van der Waals surface area contributed by atoms with Crippen molar-refractivity contribution < 1.29 is 9.53 Å². The lowest BCUT2D eigenvalue weighted by atomic mass is 9.68. The van der Waals surface area contributed by atoms with Gasteiger partial charge in [-0.3, -0.25) is 4.79 Å². The summed E-state index contributed by atoms with van der Waals surface area (Å²) in [4.78, 5) is 12.4. The second kappa shape index (κ2) is 6.96. The number of benzene rings is 1. The average molecular weight is 397 g/mol. The normalized spacial score (nSPS) is 22.1. The van der Waals surface area contributed by atoms with Gasteiger partial charge in [0.15, 0.2) is 5.78 Å². The maximum Gasteiger partial charge on any atom is 0.158 e. The molecule has 28 heavy (non-hydrogen) atoms. The molecule has 1 atom stereocenters. The molecule has 1 aromatic carbocycles. The molecule has 150 valence electrons. The Hall–Kier alpha value is -1.72. The number of hydrogen-bond acceptors (Lipinski definition) is 3. The second-order valence-electron chi connectivity index (χ2n) is 9.77. The van der Waals surface area contributed by atoms with Gasteiger partial charge in [-0.25, -0.2) is 4.68 Å². The van der Waals surface area contributed by atoms with Crippen molar-refractivity contribution in [2.24, 2.45) is 5.41 Å². The van der Waals surface area contributed by atoms with Gasteiger partial charge in [0.25, 0.3) is 0 Å². The molecular weight excluding hydrogens is 364 g/mol. The number of ketones is 1. The van der Waals surface area contributed by atoms with Crippen molar-refractivity contribution in [3.63, 3.8) is 0 Å². The molecule has 4 nitrogen and oxygen atoms in total. The molecule has 1 unspecified atom stereocenters. The van der Waals surface area contributed by atoms with E-state index < -0.39 is 8.07 Å². The molecule has 0 N–H and O–H groups in total. The van der Waals surface area contributed by atoms with Gasteiger partial charge in [0.1, 0.15) is 6.73 Å². The summed E-state index contributed by atoms with van der Waals surface area (Å²) in [7, 11) is -1.07. The highest BCUT2D eigenvalue weighted by atomic mass is 28.3. The summed E-state index contributed by atoms with van der Waals surface area (Å²) in [5, 5.41) is 5.97. The Morgan fingerprint density at radius 1 is 1.29 bits per heavy atom. The zero-order chi connectivity index (χ0) is 20.1. The maximum atomic E-state index is 12.4. The van der Waals surface area contributed by atoms with Crippen molar-refractivity contribution in [2.75, 3.05) is 6.61 Å². The summed E-state index contributed by atoms with van der Waals surface area (Å²) in [5.74, 6) is 0.318. The fraction of sp³-hybridized carbons (Fsp3) is 0.565. The summed E-state index contributed by atoms with van der Waals surface area (Å²) in [5.41, 5.74) is 6.10. The zero-order valence-electron chi connectivity index (χ0n) is 17.9.